The molecule has 2 N–H and O–H groups in total. The highest BCUT2D eigenvalue weighted by Crippen LogP contribution is 2.41. The van der Waals surface area contributed by atoms with Crippen LogP contribution in [0.5, 0.6) is 5.75 Å². The molecule has 0 unspecified atom stereocenters. The van der Waals surface area contributed by atoms with Crippen LogP contribution in [-0.4, -0.2) is 41.3 Å². The lowest BCUT2D eigenvalue weighted by Crippen LogP contribution is -2.22. The summed E-state index contributed by atoms with van der Waals surface area (Å²) in [6, 6.07) is 23.8. The van der Waals surface area contributed by atoms with Crippen LogP contribution >= 0.6 is 0 Å². The van der Waals surface area contributed by atoms with Crippen molar-refractivity contribution in [3.8, 4) is 5.75 Å². The van der Waals surface area contributed by atoms with Gasteiger partial charge in [-0.05, 0) is 126 Å². The van der Waals surface area contributed by atoms with Gasteiger partial charge >= 0.3 is 0 Å². The molecule has 2 heterocycles. The monoisotopic (exact) mass is 494 g/mol. The molecule has 1 aliphatic carbocycles. The van der Waals surface area contributed by atoms with E-state index in [1.165, 1.54) is 45.2 Å². The van der Waals surface area contributed by atoms with Crippen molar-refractivity contribution in [2.45, 2.75) is 38.5 Å². The number of rotatable bonds is 7. The number of nitrogens with zero attached hydrogens (tertiary/aromatic N) is 1. The Kier molecular flexibility index (Phi) is 6.84. The van der Waals surface area contributed by atoms with Crippen LogP contribution in [0.15, 0.2) is 72.9 Å². The number of nitrogens with one attached hydrogen (secondary N) is 1. The summed E-state index contributed by atoms with van der Waals surface area (Å²) in [6.07, 6.45) is 7.99. The predicted octanol–water partition coefficient (Wildman–Crippen LogP) is 7.39. The molecule has 0 amide bonds. The average Bonchev–Trinajstić information content (AvgIpc) is 3.53. The normalized spacial score (nSPS) is 18.4. The first-order chi connectivity index (χ1) is 18.2. The molecule has 1 saturated heterocycles. The quantitative estimate of drug-likeness (QED) is 0.281. The number of aromatic nitrogens is 1. The van der Waals surface area contributed by atoms with Crippen LogP contribution in [0.4, 0.5) is 4.39 Å². The van der Waals surface area contributed by atoms with Crippen LogP contribution in [0.3, 0.4) is 0 Å². The maximum absolute atomic E-state index is 12.6. The number of fused-ring (bicyclic) bond motifs is 2. The molecular formula is C33H35FN2O. The first-order valence-electron chi connectivity index (χ1n) is 13.7. The molecule has 1 atom stereocenters. The molecule has 4 aromatic rings. The molecule has 2 aliphatic rings. The third kappa shape index (κ3) is 5.08. The summed E-state index contributed by atoms with van der Waals surface area (Å²) in [4.78, 5) is 5.72. The van der Waals surface area contributed by atoms with Gasteiger partial charge < -0.3 is 15.0 Å². The Bertz CT molecular complexity index is 1420. The number of halogens is 1. The summed E-state index contributed by atoms with van der Waals surface area (Å²) in [5, 5.41) is 11.7. The van der Waals surface area contributed by atoms with Gasteiger partial charge in [0.05, 0.1) is 6.67 Å². The molecule has 6 rings (SSSR count). The maximum Gasteiger partial charge on any atom is 0.116 e. The van der Waals surface area contributed by atoms with Crippen molar-refractivity contribution in [1.82, 2.24) is 9.88 Å². The number of H-pyrrole nitrogens is 1. The van der Waals surface area contributed by atoms with Gasteiger partial charge in [-0.15, -0.1) is 0 Å². The van der Waals surface area contributed by atoms with Crippen molar-refractivity contribution in [3.63, 3.8) is 0 Å². The van der Waals surface area contributed by atoms with Gasteiger partial charge in [0.25, 0.3) is 0 Å². The number of aromatic amines is 1. The molecule has 0 saturated carbocycles. The zero-order chi connectivity index (χ0) is 25.2. The Morgan fingerprint density at radius 1 is 0.946 bits per heavy atom. The van der Waals surface area contributed by atoms with E-state index >= 15 is 0 Å². The smallest absolute Gasteiger partial charge is 0.116 e. The highest BCUT2D eigenvalue weighted by Gasteiger charge is 2.23. The van der Waals surface area contributed by atoms with Crippen molar-refractivity contribution in [3.05, 3.63) is 101 Å². The Hall–Kier alpha value is -3.37. The summed E-state index contributed by atoms with van der Waals surface area (Å²) in [5.41, 5.74) is 10.0. The molecule has 190 valence electrons. The van der Waals surface area contributed by atoms with E-state index in [2.05, 4.69) is 64.5 Å². The molecule has 1 aromatic heterocycles. The lowest BCUT2D eigenvalue weighted by atomic mass is 9.86. The molecule has 0 radical (unpaired) electrons. The Labute approximate surface area is 218 Å². The topological polar surface area (TPSA) is 39.3 Å². The second-order valence-electron chi connectivity index (χ2n) is 10.7. The van der Waals surface area contributed by atoms with Gasteiger partial charge in [0, 0.05) is 24.8 Å². The van der Waals surface area contributed by atoms with Crippen molar-refractivity contribution < 1.29 is 9.50 Å². The molecule has 0 spiro atoms. The van der Waals surface area contributed by atoms with Gasteiger partial charge in [-0.1, -0.05) is 36.4 Å². The van der Waals surface area contributed by atoms with Crippen LogP contribution in [0.2, 0.25) is 0 Å². The second-order valence-corrected chi connectivity index (χ2v) is 10.7. The Morgan fingerprint density at radius 3 is 2.68 bits per heavy atom. The molecule has 1 aliphatic heterocycles. The Balaban J connectivity index is 1.35. The lowest BCUT2D eigenvalue weighted by molar-refractivity contribution is 0.301. The largest absolute Gasteiger partial charge is 0.508 e. The highest BCUT2D eigenvalue weighted by atomic mass is 19.1. The summed E-state index contributed by atoms with van der Waals surface area (Å²) in [6.45, 7) is 2.82. The van der Waals surface area contributed by atoms with Gasteiger partial charge in [0.2, 0.25) is 0 Å². The van der Waals surface area contributed by atoms with Crippen LogP contribution in [0.25, 0.3) is 22.0 Å². The first-order valence-corrected chi connectivity index (χ1v) is 13.7. The zero-order valence-electron chi connectivity index (χ0n) is 21.3. The van der Waals surface area contributed by atoms with Gasteiger partial charge in [-0.2, -0.15) is 0 Å². The molecular weight excluding hydrogens is 459 g/mol. The zero-order valence-corrected chi connectivity index (χ0v) is 21.3. The minimum absolute atomic E-state index is 0.222. The van der Waals surface area contributed by atoms with E-state index in [4.69, 9.17) is 0 Å². The molecule has 37 heavy (non-hydrogen) atoms. The number of benzene rings is 3. The Morgan fingerprint density at radius 2 is 1.81 bits per heavy atom. The third-order valence-electron chi connectivity index (χ3n) is 8.18. The van der Waals surface area contributed by atoms with E-state index in [9.17, 15) is 9.50 Å². The highest BCUT2D eigenvalue weighted by molar-refractivity contribution is 6.01. The number of allylic oxidation sites excluding steroid dienone is 1. The van der Waals surface area contributed by atoms with E-state index in [-0.39, 0.29) is 6.67 Å². The number of phenolic OH excluding ortho intramolecular Hbond substituents is 1. The van der Waals surface area contributed by atoms with Gasteiger partial charge in [-0.3, -0.25) is 4.39 Å². The van der Waals surface area contributed by atoms with E-state index in [0.29, 0.717) is 18.1 Å². The third-order valence-corrected chi connectivity index (χ3v) is 8.18. The minimum atomic E-state index is -0.222. The number of hydrogen-bond donors (Lipinski definition) is 2. The number of hydrogen-bond acceptors (Lipinski definition) is 2. The molecule has 0 bridgehead atoms. The lowest BCUT2D eigenvalue weighted by Gasteiger charge is -2.18. The fourth-order valence-corrected chi connectivity index (χ4v) is 6.32. The predicted molar refractivity (Wildman–Crippen MR) is 151 cm³/mol. The average molecular weight is 495 g/mol. The van der Waals surface area contributed by atoms with Crippen molar-refractivity contribution in [2.24, 2.45) is 5.92 Å². The van der Waals surface area contributed by atoms with Crippen molar-refractivity contribution in [2.75, 3.05) is 26.3 Å². The summed E-state index contributed by atoms with van der Waals surface area (Å²) in [7, 11) is 0. The van der Waals surface area contributed by atoms with Crippen molar-refractivity contribution >= 4 is 22.0 Å². The summed E-state index contributed by atoms with van der Waals surface area (Å²) < 4.78 is 12.6. The SMILES string of the molecule is Oc1ccc2c(c1)C(c1ccc(C[C@H]3CCN(CCCF)C3)cc1)=C(c1ccc3[nH]ccc3c1)CCC2. The second kappa shape index (κ2) is 10.5. The molecule has 4 heteroatoms. The van der Waals surface area contributed by atoms with Crippen LogP contribution in [-0.2, 0) is 12.8 Å². The van der Waals surface area contributed by atoms with Crippen LogP contribution in [0.1, 0.15) is 53.5 Å². The molecule has 3 nitrogen and oxygen atoms in total. The number of aryl methyl sites for hydroxylation is 1. The van der Waals surface area contributed by atoms with Gasteiger partial charge in [0.1, 0.15) is 5.75 Å². The number of alkyl halides is 1. The van der Waals surface area contributed by atoms with Gasteiger partial charge in [0.15, 0.2) is 0 Å². The first kappa shape index (κ1) is 24.0. The van der Waals surface area contributed by atoms with E-state index < -0.39 is 0 Å². The standard InChI is InChI=1S/C33H35FN2O/c34-15-2-17-36-18-14-24(22-36)19-23-5-7-26(8-6-23)33-30(27-10-12-32-28(20-27)13-16-35-32)4-1-3-25-9-11-29(37)21-31(25)33/h5-13,16,20-21,24,35,37H,1-4,14-15,17-19,22H2/t24-/m1/s1. The molecule has 1 fully saturated rings. The fraction of sp³-hybridized carbons (Fsp3) is 0.333. The van der Waals surface area contributed by atoms with Crippen LogP contribution < -0.4 is 0 Å². The molecule has 3 aromatic carbocycles. The number of likely N-dealkylation sites (tertiary alicyclic amines) is 1. The van der Waals surface area contributed by atoms with E-state index in [0.717, 1.165) is 56.4 Å². The maximum atomic E-state index is 12.6. The van der Waals surface area contributed by atoms with Gasteiger partial charge in [-0.25, -0.2) is 0 Å². The number of phenols is 1. The summed E-state index contributed by atoms with van der Waals surface area (Å²) >= 11 is 0. The van der Waals surface area contributed by atoms with E-state index in [1.54, 1.807) is 0 Å². The van der Waals surface area contributed by atoms with Crippen LogP contribution in [0, 0.1) is 5.92 Å². The van der Waals surface area contributed by atoms with Crippen molar-refractivity contribution in [1.29, 1.82) is 0 Å². The minimum Gasteiger partial charge on any atom is -0.508 e. The summed E-state index contributed by atoms with van der Waals surface area (Å²) in [5.74, 6) is 0.956. The fourth-order valence-electron chi connectivity index (χ4n) is 6.32. The van der Waals surface area contributed by atoms with E-state index in [1.807, 2.05) is 18.3 Å². The number of aromatic hydroxyl groups is 1.